The van der Waals surface area contributed by atoms with Gasteiger partial charge in [-0.25, -0.2) is 0 Å². The predicted molar refractivity (Wildman–Crippen MR) is 181 cm³/mol. The monoisotopic (exact) mass is 549 g/mol. The van der Waals surface area contributed by atoms with Gasteiger partial charge in [0.1, 0.15) is 11.2 Å². The van der Waals surface area contributed by atoms with Gasteiger partial charge in [0.25, 0.3) is 0 Å². The van der Waals surface area contributed by atoms with Crippen LogP contribution in [0.25, 0.3) is 71.0 Å². The summed E-state index contributed by atoms with van der Waals surface area (Å²) in [4.78, 5) is 0. The summed E-state index contributed by atoms with van der Waals surface area (Å²) in [5.74, 6) is 0. The smallest absolute Gasteiger partial charge is 0.136 e. The molecule has 8 aromatic rings. The molecule has 0 aliphatic carbocycles. The van der Waals surface area contributed by atoms with Gasteiger partial charge in [0.15, 0.2) is 0 Å². The number of hydrogen-bond acceptors (Lipinski definition) is 2. The van der Waals surface area contributed by atoms with Gasteiger partial charge in [0.05, 0.1) is 6.04 Å². The van der Waals surface area contributed by atoms with Crippen LogP contribution in [0.3, 0.4) is 0 Å². The topological polar surface area (TPSA) is 25.2 Å². The van der Waals surface area contributed by atoms with E-state index < -0.39 is 0 Å². The normalized spacial score (nSPS) is 15.0. The van der Waals surface area contributed by atoms with Crippen molar-refractivity contribution in [2.75, 3.05) is 0 Å². The van der Waals surface area contributed by atoms with E-state index >= 15 is 0 Å². The quantitative estimate of drug-likeness (QED) is 0.222. The Bertz CT molecular complexity index is 2370. The maximum atomic E-state index is 6.36. The average Bonchev–Trinajstić information content (AvgIpc) is 3.43. The fourth-order valence-corrected chi connectivity index (χ4v) is 6.87. The van der Waals surface area contributed by atoms with Crippen LogP contribution in [0, 0.1) is 0 Å². The molecule has 2 nitrogen and oxygen atoms in total. The summed E-state index contributed by atoms with van der Waals surface area (Å²) >= 11 is 0. The molecule has 9 rings (SSSR count). The number of dihydropyridines is 1. The van der Waals surface area contributed by atoms with Crippen LogP contribution in [0.2, 0.25) is 0 Å². The first-order valence-electron chi connectivity index (χ1n) is 14.8. The zero-order chi connectivity index (χ0) is 28.3. The Morgan fingerprint density at radius 2 is 1.09 bits per heavy atom. The van der Waals surface area contributed by atoms with Crippen LogP contribution in [0.1, 0.15) is 17.2 Å². The van der Waals surface area contributed by atoms with Crippen molar-refractivity contribution >= 4 is 59.8 Å². The number of nitrogens with one attached hydrogen (secondary N) is 1. The summed E-state index contributed by atoms with van der Waals surface area (Å²) < 4.78 is 6.36. The largest absolute Gasteiger partial charge is 0.456 e. The minimum Gasteiger partial charge on any atom is -0.456 e. The lowest BCUT2D eigenvalue weighted by Gasteiger charge is -2.22. The number of hydrogen-bond donors (Lipinski definition) is 1. The molecule has 2 heterocycles. The van der Waals surface area contributed by atoms with Crippen molar-refractivity contribution in [3.8, 4) is 11.1 Å². The molecule has 1 atom stereocenters. The fraction of sp³-hybridized carbons (Fsp3) is 0.0244. The second-order valence-corrected chi connectivity index (χ2v) is 11.4. The Morgan fingerprint density at radius 3 is 1.77 bits per heavy atom. The first-order chi connectivity index (χ1) is 21.3. The molecule has 1 aliphatic heterocycles. The summed E-state index contributed by atoms with van der Waals surface area (Å²) in [5, 5.41) is 13.5. The highest BCUT2D eigenvalue weighted by Crippen LogP contribution is 2.43. The van der Waals surface area contributed by atoms with E-state index in [0.29, 0.717) is 0 Å². The summed E-state index contributed by atoms with van der Waals surface area (Å²) in [6.07, 6.45) is 6.71. The third-order valence-corrected chi connectivity index (χ3v) is 8.89. The molecule has 0 fully saturated rings. The Kier molecular flexibility index (Phi) is 5.30. The molecule has 1 aliphatic rings. The molecule has 0 bridgehead atoms. The van der Waals surface area contributed by atoms with Crippen LogP contribution in [-0.4, -0.2) is 0 Å². The highest BCUT2D eigenvalue weighted by Gasteiger charge is 2.20. The molecule has 0 radical (unpaired) electrons. The number of fused-ring (bicyclic) bond motifs is 6. The van der Waals surface area contributed by atoms with Gasteiger partial charge in [-0.3, -0.25) is 0 Å². The molecule has 2 heteroatoms. The molecular formula is C41H27NO. The van der Waals surface area contributed by atoms with E-state index in [2.05, 4.69) is 157 Å². The fourth-order valence-electron chi connectivity index (χ4n) is 6.87. The second kappa shape index (κ2) is 9.47. The van der Waals surface area contributed by atoms with Crippen molar-refractivity contribution in [3.63, 3.8) is 0 Å². The molecule has 1 aromatic heterocycles. The van der Waals surface area contributed by atoms with Gasteiger partial charge in [0.2, 0.25) is 0 Å². The van der Waals surface area contributed by atoms with Crippen molar-refractivity contribution < 1.29 is 4.42 Å². The molecule has 1 N–H and O–H groups in total. The third kappa shape index (κ3) is 3.80. The molecule has 7 aromatic carbocycles. The number of allylic oxidation sites excluding steroid dienone is 2. The van der Waals surface area contributed by atoms with Gasteiger partial charge in [-0.05, 0) is 78.3 Å². The van der Waals surface area contributed by atoms with Gasteiger partial charge in [-0.1, -0.05) is 127 Å². The first kappa shape index (κ1) is 24.0. The highest BCUT2D eigenvalue weighted by atomic mass is 16.3. The van der Waals surface area contributed by atoms with E-state index in [9.17, 15) is 0 Å². The van der Waals surface area contributed by atoms with E-state index in [-0.39, 0.29) is 6.04 Å². The summed E-state index contributed by atoms with van der Waals surface area (Å²) in [7, 11) is 0. The maximum Gasteiger partial charge on any atom is 0.136 e. The molecule has 202 valence electrons. The van der Waals surface area contributed by atoms with Crippen molar-refractivity contribution in [1.82, 2.24) is 5.32 Å². The van der Waals surface area contributed by atoms with Crippen LogP contribution in [0.5, 0.6) is 0 Å². The first-order valence-corrected chi connectivity index (χ1v) is 14.8. The molecule has 0 saturated carbocycles. The van der Waals surface area contributed by atoms with E-state index in [1.54, 1.807) is 0 Å². The van der Waals surface area contributed by atoms with Crippen molar-refractivity contribution in [3.05, 3.63) is 163 Å². The summed E-state index contributed by atoms with van der Waals surface area (Å²) in [6, 6.07) is 47.8. The van der Waals surface area contributed by atoms with E-state index in [1.807, 2.05) is 0 Å². The average molecular weight is 550 g/mol. The Balaban J connectivity index is 1.13. The summed E-state index contributed by atoms with van der Waals surface area (Å²) in [6.45, 7) is 0. The zero-order valence-corrected chi connectivity index (χ0v) is 23.4. The lowest BCUT2D eigenvalue weighted by molar-refractivity contribution is 0.666. The van der Waals surface area contributed by atoms with Crippen molar-refractivity contribution in [1.29, 1.82) is 0 Å². The highest BCUT2D eigenvalue weighted by molar-refractivity contribution is 6.19. The molecule has 43 heavy (non-hydrogen) atoms. The number of benzene rings is 7. The zero-order valence-electron chi connectivity index (χ0n) is 23.4. The Hall–Kier alpha value is -5.60. The van der Waals surface area contributed by atoms with Gasteiger partial charge in [-0.15, -0.1) is 0 Å². The SMILES string of the molecule is C1=CC(c2ccc3c(c2)oc2cc4ccccc4cc23)NC=C1c1c2ccccc2c(-c2ccccc2)c2ccccc12. The van der Waals surface area contributed by atoms with E-state index in [4.69, 9.17) is 4.42 Å². The van der Waals surface area contributed by atoms with E-state index in [0.717, 1.165) is 21.9 Å². The number of furan rings is 1. The van der Waals surface area contributed by atoms with Gasteiger partial charge >= 0.3 is 0 Å². The molecule has 0 spiro atoms. The minimum absolute atomic E-state index is 0.0570. The van der Waals surface area contributed by atoms with Gasteiger partial charge < -0.3 is 9.73 Å². The molecule has 0 saturated heterocycles. The molecule has 1 unspecified atom stereocenters. The van der Waals surface area contributed by atoms with Crippen molar-refractivity contribution in [2.24, 2.45) is 0 Å². The predicted octanol–water partition coefficient (Wildman–Crippen LogP) is 11.0. The third-order valence-electron chi connectivity index (χ3n) is 8.89. The second-order valence-electron chi connectivity index (χ2n) is 11.4. The van der Waals surface area contributed by atoms with Gasteiger partial charge in [0, 0.05) is 17.0 Å². The van der Waals surface area contributed by atoms with Gasteiger partial charge in [-0.2, -0.15) is 0 Å². The Morgan fingerprint density at radius 1 is 0.488 bits per heavy atom. The van der Waals surface area contributed by atoms with Crippen LogP contribution >= 0.6 is 0 Å². The minimum atomic E-state index is 0.0570. The van der Waals surface area contributed by atoms with E-state index in [1.165, 1.54) is 60.1 Å². The van der Waals surface area contributed by atoms with Crippen LogP contribution < -0.4 is 5.32 Å². The van der Waals surface area contributed by atoms with Crippen molar-refractivity contribution in [2.45, 2.75) is 6.04 Å². The standard InChI is InChI=1S/C41H27NO/c1-2-10-26(11-3-1)40-32-14-6-8-16-34(32)41(35-17-9-7-15-33(35)40)30-19-21-37(42-25-30)29-18-20-31-36-22-27-12-4-5-13-28(27)23-39(36)43-38(31)24-29/h1-25,37,42H. The molecule has 0 amide bonds. The van der Waals surface area contributed by atoms with Crippen LogP contribution in [-0.2, 0) is 0 Å². The maximum absolute atomic E-state index is 6.36. The molecular weight excluding hydrogens is 522 g/mol. The lowest BCUT2D eigenvalue weighted by atomic mass is 9.85. The van der Waals surface area contributed by atoms with Crippen LogP contribution in [0.15, 0.2) is 156 Å². The van der Waals surface area contributed by atoms with Crippen LogP contribution in [0.4, 0.5) is 0 Å². The summed E-state index contributed by atoms with van der Waals surface area (Å²) in [5.41, 5.74) is 7.99. The lowest BCUT2D eigenvalue weighted by Crippen LogP contribution is -2.16. The Labute approximate surface area is 249 Å². The number of rotatable bonds is 3.